The highest BCUT2D eigenvalue weighted by atomic mass is 16.5. The Morgan fingerprint density at radius 1 is 1.23 bits per heavy atom. The first-order valence-electron chi connectivity index (χ1n) is 9.31. The van der Waals surface area contributed by atoms with Crippen LogP contribution >= 0.6 is 0 Å². The molecule has 0 saturated carbocycles. The number of methoxy groups -OCH3 is 1. The average molecular weight is 362 g/mol. The van der Waals surface area contributed by atoms with E-state index in [1.165, 1.54) is 0 Å². The third kappa shape index (κ3) is 6.33. The maximum Gasteiger partial charge on any atom is 0.227 e. The predicted octanol–water partition coefficient (Wildman–Crippen LogP) is 2.19. The molecule has 1 fully saturated rings. The van der Waals surface area contributed by atoms with Gasteiger partial charge in [-0.1, -0.05) is 18.2 Å². The summed E-state index contributed by atoms with van der Waals surface area (Å²) in [6.45, 7) is 2.92. The summed E-state index contributed by atoms with van der Waals surface area (Å²) in [5.74, 6) is 0.847. The fourth-order valence-electron chi connectivity index (χ4n) is 3.20. The van der Waals surface area contributed by atoms with E-state index >= 15 is 0 Å². The maximum atomic E-state index is 12.6. The fourth-order valence-corrected chi connectivity index (χ4v) is 3.20. The van der Waals surface area contributed by atoms with Crippen LogP contribution in [0.25, 0.3) is 0 Å². The fraction of sp³-hybridized carbons (Fsp3) is 0.600. The highest BCUT2D eigenvalue weighted by molar-refractivity contribution is 5.81. The molecule has 144 valence electrons. The zero-order chi connectivity index (χ0) is 18.8. The van der Waals surface area contributed by atoms with Gasteiger partial charge in [0.25, 0.3) is 0 Å². The number of nitrogens with zero attached hydrogens (tertiary/aromatic N) is 2. The van der Waals surface area contributed by atoms with Gasteiger partial charge in [0.1, 0.15) is 5.75 Å². The molecule has 26 heavy (non-hydrogen) atoms. The van der Waals surface area contributed by atoms with E-state index in [9.17, 15) is 9.59 Å². The molecular weight excluding hydrogens is 332 g/mol. The standard InChI is InChI=1S/C20H30N2O4/c1-21(12-7-14-25-2)20(24)17-8-6-13-22(16-17)19(23)11-15-26-18-9-4-3-5-10-18/h3-5,9-10,17H,6-8,11-16H2,1-2H3. The number of carbonyl (C=O) groups is 2. The first-order chi connectivity index (χ1) is 12.6. The van der Waals surface area contributed by atoms with E-state index in [0.29, 0.717) is 32.7 Å². The van der Waals surface area contributed by atoms with Crippen molar-refractivity contribution in [1.82, 2.24) is 9.80 Å². The molecule has 0 N–H and O–H groups in total. The van der Waals surface area contributed by atoms with E-state index in [4.69, 9.17) is 9.47 Å². The van der Waals surface area contributed by atoms with Crippen LogP contribution in [-0.4, -0.2) is 68.6 Å². The largest absolute Gasteiger partial charge is 0.493 e. The van der Waals surface area contributed by atoms with E-state index < -0.39 is 0 Å². The lowest BCUT2D eigenvalue weighted by molar-refractivity contribution is -0.140. The van der Waals surface area contributed by atoms with Gasteiger partial charge in [0.2, 0.25) is 11.8 Å². The van der Waals surface area contributed by atoms with E-state index in [-0.39, 0.29) is 17.7 Å². The Hall–Kier alpha value is -2.08. The lowest BCUT2D eigenvalue weighted by atomic mass is 9.96. The minimum atomic E-state index is -0.102. The second kappa shape index (κ2) is 10.8. The maximum absolute atomic E-state index is 12.6. The van der Waals surface area contributed by atoms with Crippen molar-refractivity contribution in [3.8, 4) is 5.75 Å². The van der Waals surface area contributed by atoms with Crippen molar-refractivity contribution in [2.24, 2.45) is 5.92 Å². The zero-order valence-corrected chi connectivity index (χ0v) is 15.9. The number of para-hydroxylation sites is 1. The van der Waals surface area contributed by atoms with Gasteiger partial charge in [-0.3, -0.25) is 9.59 Å². The van der Waals surface area contributed by atoms with E-state index in [2.05, 4.69) is 0 Å². The SMILES string of the molecule is COCCCN(C)C(=O)C1CCCN(C(=O)CCOc2ccccc2)C1. The molecule has 0 spiro atoms. The summed E-state index contributed by atoms with van der Waals surface area (Å²) >= 11 is 0. The van der Waals surface area contributed by atoms with Crippen LogP contribution in [0.3, 0.4) is 0 Å². The number of rotatable bonds is 9. The number of hydrogen-bond donors (Lipinski definition) is 0. The highest BCUT2D eigenvalue weighted by Gasteiger charge is 2.29. The van der Waals surface area contributed by atoms with Gasteiger partial charge in [-0.25, -0.2) is 0 Å². The summed E-state index contributed by atoms with van der Waals surface area (Å²) < 4.78 is 10.6. The lowest BCUT2D eigenvalue weighted by Crippen LogP contribution is -2.46. The van der Waals surface area contributed by atoms with Gasteiger partial charge in [-0.05, 0) is 31.4 Å². The van der Waals surface area contributed by atoms with Crippen LogP contribution in [0, 0.1) is 5.92 Å². The molecule has 1 aromatic carbocycles. The summed E-state index contributed by atoms with van der Waals surface area (Å²) in [6, 6.07) is 9.48. The molecule has 1 saturated heterocycles. The second-order valence-electron chi connectivity index (χ2n) is 6.70. The zero-order valence-electron chi connectivity index (χ0n) is 15.9. The molecule has 2 rings (SSSR count). The summed E-state index contributed by atoms with van der Waals surface area (Å²) in [5, 5.41) is 0. The van der Waals surface area contributed by atoms with Crippen molar-refractivity contribution in [2.75, 3.05) is 47.0 Å². The van der Waals surface area contributed by atoms with Crippen molar-refractivity contribution in [1.29, 1.82) is 0 Å². The number of piperidine rings is 1. The van der Waals surface area contributed by atoms with Gasteiger partial charge in [0.15, 0.2) is 0 Å². The molecule has 0 radical (unpaired) electrons. The smallest absolute Gasteiger partial charge is 0.227 e. The van der Waals surface area contributed by atoms with Crippen LogP contribution in [0.1, 0.15) is 25.7 Å². The number of amides is 2. The molecule has 0 aromatic heterocycles. The quantitative estimate of drug-likeness (QED) is 0.632. The van der Waals surface area contributed by atoms with E-state index in [0.717, 1.165) is 31.6 Å². The highest BCUT2D eigenvalue weighted by Crippen LogP contribution is 2.19. The molecular formula is C20H30N2O4. The molecule has 2 amide bonds. The monoisotopic (exact) mass is 362 g/mol. The Bertz CT molecular complexity index is 564. The van der Waals surface area contributed by atoms with Gasteiger partial charge in [0.05, 0.1) is 18.9 Å². The second-order valence-corrected chi connectivity index (χ2v) is 6.70. The van der Waals surface area contributed by atoms with Gasteiger partial charge < -0.3 is 19.3 Å². The third-order valence-electron chi connectivity index (χ3n) is 4.67. The summed E-state index contributed by atoms with van der Waals surface area (Å²) in [6.07, 6.45) is 2.87. The van der Waals surface area contributed by atoms with Gasteiger partial charge in [-0.15, -0.1) is 0 Å². The lowest BCUT2D eigenvalue weighted by Gasteiger charge is -2.34. The van der Waals surface area contributed by atoms with Gasteiger partial charge >= 0.3 is 0 Å². The molecule has 6 heteroatoms. The molecule has 0 aliphatic carbocycles. The Kier molecular flexibility index (Phi) is 8.41. The summed E-state index contributed by atoms with van der Waals surface area (Å²) in [4.78, 5) is 28.6. The predicted molar refractivity (Wildman–Crippen MR) is 100.0 cm³/mol. The summed E-state index contributed by atoms with van der Waals surface area (Å²) in [7, 11) is 3.49. The van der Waals surface area contributed by atoms with Crippen LogP contribution in [0.5, 0.6) is 5.75 Å². The Morgan fingerprint density at radius 2 is 2.00 bits per heavy atom. The Morgan fingerprint density at radius 3 is 2.73 bits per heavy atom. The van der Waals surface area contributed by atoms with Crippen molar-refractivity contribution >= 4 is 11.8 Å². The van der Waals surface area contributed by atoms with Crippen LogP contribution in [0.15, 0.2) is 30.3 Å². The van der Waals surface area contributed by atoms with Crippen LogP contribution in [0.4, 0.5) is 0 Å². The minimum Gasteiger partial charge on any atom is -0.493 e. The van der Waals surface area contributed by atoms with Crippen molar-refractivity contribution in [3.05, 3.63) is 30.3 Å². The van der Waals surface area contributed by atoms with Gasteiger partial charge in [-0.2, -0.15) is 0 Å². The normalized spacial score (nSPS) is 17.0. The van der Waals surface area contributed by atoms with Crippen LogP contribution in [0.2, 0.25) is 0 Å². The number of benzene rings is 1. The first kappa shape index (κ1) is 20.2. The number of likely N-dealkylation sites (tertiary alicyclic amines) is 1. The van der Waals surface area contributed by atoms with E-state index in [1.807, 2.05) is 42.3 Å². The van der Waals surface area contributed by atoms with Crippen molar-refractivity contribution < 1.29 is 19.1 Å². The van der Waals surface area contributed by atoms with Crippen LogP contribution in [-0.2, 0) is 14.3 Å². The Labute approximate surface area is 156 Å². The van der Waals surface area contributed by atoms with Crippen LogP contribution < -0.4 is 4.74 Å². The average Bonchev–Trinajstić information content (AvgIpc) is 2.68. The topological polar surface area (TPSA) is 59.1 Å². The molecule has 1 aromatic rings. The minimum absolute atomic E-state index is 0.0560. The molecule has 1 unspecified atom stereocenters. The van der Waals surface area contributed by atoms with E-state index in [1.54, 1.807) is 12.0 Å². The first-order valence-corrected chi connectivity index (χ1v) is 9.31. The molecule has 1 heterocycles. The van der Waals surface area contributed by atoms with Gasteiger partial charge in [0, 0.05) is 40.4 Å². The molecule has 1 aliphatic rings. The Balaban J connectivity index is 1.75. The summed E-state index contributed by atoms with van der Waals surface area (Å²) in [5.41, 5.74) is 0. The van der Waals surface area contributed by atoms with Crippen molar-refractivity contribution in [2.45, 2.75) is 25.7 Å². The molecule has 6 nitrogen and oxygen atoms in total. The number of ether oxygens (including phenoxy) is 2. The molecule has 0 bridgehead atoms. The molecule has 1 atom stereocenters. The molecule has 1 aliphatic heterocycles. The third-order valence-corrected chi connectivity index (χ3v) is 4.67. The number of hydrogen-bond acceptors (Lipinski definition) is 4. The number of carbonyl (C=O) groups excluding carboxylic acids is 2. The van der Waals surface area contributed by atoms with Crippen molar-refractivity contribution in [3.63, 3.8) is 0 Å².